The molecule has 0 fully saturated rings. The van der Waals surface area contributed by atoms with Crippen molar-refractivity contribution in [1.29, 1.82) is 0 Å². The van der Waals surface area contributed by atoms with Crippen LogP contribution >= 0.6 is 0 Å². The Balaban J connectivity index is 2.62. The second kappa shape index (κ2) is 4.28. The van der Waals surface area contributed by atoms with Gasteiger partial charge in [0.15, 0.2) is 0 Å². The number of H-pyrrole nitrogens is 1. The average molecular weight is 249 g/mol. The number of carbonyl (C=O) groups is 1. The highest BCUT2D eigenvalue weighted by atomic mass is 16.5. The van der Waals surface area contributed by atoms with Crippen LogP contribution in [0.25, 0.3) is 11.1 Å². The fourth-order valence-corrected chi connectivity index (χ4v) is 1.58. The zero-order valence-electron chi connectivity index (χ0n) is 9.47. The molecule has 0 atom stereocenters. The van der Waals surface area contributed by atoms with Crippen molar-refractivity contribution in [2.24, 2.45) is 0 Å². The number of nitrogen functional groups attached to an aromatic ring is 1. The van der Waals surface area contributed by atoms with Crippen molar-refractivity contribution in [2.75, 3.05) is 12.8 Å². The number of aromatic hydroxyl groups is 2. The number of hydrogen-bond acceptors (Lipinski definition) is 6. The van der Waals surface area contributed by atoms with E-state index in [0.717, 1.165) is 6.07 Å². The molecule has 0 radical (unpaired) electrons. The standard InChI is InChI=1S/C11H11N3O4/c1-18-11(17)6-2-5(8(15)3-9(6)16)7-4-13-14-10(7)12/h2-4,15-16H,1H3,(H3,12,13,14). The molecule has 2 rings (SSSR count). The molecular formula is C11H11N3O4. The number of methoxy groups -OCH3 is 1. The van der Waals surface area contributed by atoms with Crippen LogP contribution in [-0.2, 0) is 4.74 Å². The highest BCUT2D eigenvalue weighted by Gasteiger charge is 2.18. The average Bonchev–Trinajstić information content (AvgIpc) is 2.75. The van der Waals surface area contributed by atoms with Gasteiger partial charge in [-0.15, -0.1) is 0 Å². The van der Waals surface area contributed by atoms with E-state index in [4.69, 9.17) is 5.73 Å². The molecule has 0 spiro atoms. The van der Waals surface area contributed by atoms with Gasteiger partial charge in [0.25, 0.3) is 0 Å². The molecule has 0 aliphatic heterocycles. The number of phenols is 2. The van der Waals surface area contributed by atoms with Gasteiger partial charge in [-0.1, -0.05) is 0 Å². The lowest BCUT2D eigenvalue weighted by molar-refractivity contribution is 0.0597. The van der Waals surface area contributed by atoms with Gasteiger partial charge in [0.05, 0.1) is 13.3 Å². The summed E-state index contributed by atoms with van der Waals surface area (Å²) in [6.07, 6.45) is 1.41. The third kappa shape index (κ3) is 1.81. The van der Waals surface area contributed by atoms with Gasteiger partial charge in [-0.25, -0.2) is 4.79 Å². The molecule has 0 amide bonds. The van der Waals surface area contributed by atoms with E-state index >= 15 is 0 Å². The van der Waals surface area contributed by atoms with Gasteiger partial charge in [-0.05, 0) is 6.07 Å². The van der Waals surface area contributed by atoms with Crippen LogP contribution < -0.4 is 5.73 Å². The van der Waals surface area contributed by atoms with Gasteiger partial charge in [0.2, 0.25) is 0 Å². The number of phenolic OH excluding ortho intramolecular Hbond substituents is 2. The second-order valence-corrected chi connectivity index (χ2v) is 3.58. The van der Waals surface area contributed by atoms with Gasteiger partial charge in [0, 0.05) is 17.2 Å². The highest BCUT2D eigenvalue weighted by Crippen LogP contribution is 2.36. The number of nitrogens with zero attached hydrogens (tertiary/aromatic N) is 1. The van der Waals surface area contributed by atoms with E-state index in [1.807, 2.05) is 0 Å². The Kier molecular flexibility index (Phi) is 2.80. The number of aromatic amines is 1. The van der Waals surface area contributed by atoms with Crippen molar-refractivity contribution in [1.82, 2.24) is 10.2 Å². The lowest BCUT2D eigenvalue weighted by atomic mass is 10.0. The molecule has 1 aromatic carbocycles. The lowest BCUT2D eigenvalue weighted by Crippen LogP contribution is -2.02. The minimum atomic E-state index is -0.712. The normalized spacial score (nSPS) is 10.3. The van der Waals surface area contributed by atoms with Crippen molar-refractivity contribution in [3.8, 4) is 22.6 Å². The summed E-state index contributed by atoms with van der Waals surface area (Å²) < 4.78 is 4.52. The van der Waals surface area contributed by atoms with Crippen molar-refractivity contribution in [3.63, 3.8) is 0 Å². The maximum atomic E-state index is 11.4. The van der Waals surface area contributed by atoms with E-state index in [0.29, 0.717) is 5.56 Å². The van der Waals surface area contributed by atoms with Gasteiger partial charge in [-0.2, -0.15) is 5.10 Å². The number of hydrogen-bond donors (Lipinski definition) is 4. The minimum absolute atomic E-state index is 0.0640. The first-order valence-corrected chi connectivity index (χ1v) is 4.98. The maximum absolute atomic E-state index is 11.4. The number of ether oxygens (including phenoxy) is 1. The van der Waals surface area contributed by atoms with Gasteiger partial charge in [0.1, 0.15) is 22.9 Å². The number of nitrogens with two attached hydrogens (primary N) is 1. The van der Waals surface area contributed by atoms with Crippen LogP contribution in [0.15, 0.2) is 18.3 Å². The molecule has 0 aliphatic rings. The summed E-state index contributed by atoms with van der Waals surface area (Å²) in [7, 11) is 1.19. The molecular weight excluding hydrogens is 238 g/mol. The Hall–Kier alpha value is -2.70. The summed E-state index contributed by atoms with van der Waals surface area (Å²) >= 11 is 0. The molecule has 0 bridgehead atoms. The highest BCUT2D eigenvalue weighted by molar-refractivity contribution is 5.95. The fraction of sp³-hybridized carbons (Fsp3) is 0.0909. The monoisotopic (exact) mass is 249 g/mol. The summed E-state index contributed by atoms with van der Waals surface area (Å²) in [6, 6.07) is 2.34. The predicted molar refractivity (Wildman–Crippen MR) is 63.1 cm³/mol. The van der Waals surface area contributed by atoms with E-state index in [2.05, 4.69) is 14.9 Å². The number of anilines is 1. The summed E-state index contributed by atoms with van der Waals surface area (Å²) in [5, 5.41) is 25.6. The third-order valence-corrected chi connectivity index (χ3v) is 2.48. The molecule has 7 nitrogen and oxygen atoms in total. The zero-order valence-corrected chi connectivity index (χ0v) is 9.47. The van der Waals surface area contributed by atoms with Crippen LogP contribution in [-0.4, -0.2) is 33.5 Å². The van der Waals surface area contributed by atoms with Crippen LogP contribution in [0.3, 0.4) is 0 Å². The molecule has 1 aromatic heterocycles. The van der Waals surface area contributed by atoms with Gasteiger partial charge >= 0.3 is 5.97 Å². The lowest BCUT2D eigenvalue weighted by Gasteiger charge is -2.08. The topological polar surface area (TPSA) is 121 Å². The molecule has 7 heteroatoms. The van der Waals surface area contributed by atoms with E-state index in [1.165, 1.54) is 19.4 Å². The van der Waals surface area contributed by atoms with E-state index in [-0.39, 0.29) is 28.4 Å². The number of esters is 1. The quantitative estimate of drug-likeness (QED) is 0.585. The molecule has 94 valence electrons. The van der Waals surface area contributed by atoms with Gasteiger partial charge < -0.3 is 20.7 Å². The summed E-state index contributed by atoms with van der Waals surface area (Å²) in [5.74, 6) is -1.05. The van der Waals surface area contributed by atoms with Crippen LogP contribution in [0.4, 0.5) is 5.82 Å². The number of nitrogens with one attached hydrogen (secondary N) is 1. The number of aromatic nitrogens is 2. The van der Waals surface area contributed by atoms with E-state index < -0.39 is 5.97 Å². The predicted octanol–water partition coefficient (Wildman–Crippen LogP) is 0.857. The van der Waals surface area contributed by atoms with Crippen molar-refractivity contribution in [3.05, 3.63) is 23.9 Å². The number of benzene rings is 1. The Labute approximate surface area is 102 Å². The Morgan fingerprint density at radius 3 is 2.61 bits per heavy atom. The summed E-state index contributed by atoms with van der Waals surface area (Å²) in [4.78, 5) is 11.4. The van der Waals surface area contributed by atoms with Crippen LogP contribution in [0, 0.1) is 0 Å². The molecule has 0 unspecified atom stereocenters. The van der Waals surface area contributed by atoms with Crippen molar-refractivity contribution in [2.45, 2.75) is 0 Å². The second-order valence-electron chi connectivity index (χ2n) is 3.58. The molecule has 18 heavy (non-hydrogen) atoms. The Morgan fingerprint density at radius 1 is 1.33 bits per heavy atom. The van der Waals surface area contributed by atoms with E-state index in [9.17, 15) is 15.0 Å². The first-order chi connectivity index (χ1) is 8.54. The van der Waals surface area contributed by atoms with Gasteiger partial charge in [-0.3, -0.25) is 5.10 Å². The first-order valence-electron chi connectivity index (χ1n) is 4.98. The Morgan fingerprint density at radius 2 is 2.06 bits per heavy atom. The SMILES string of the molecule is COC(=O)c1cc(-c2cn[nH]c2N)c(O)cc1O. The molecule has 1 heterocycles. The van der Waals surface area contributed by atoms with Crippen LogP contribution in [0.5, 0.6) is 11.5 Å². The molecule has 0 saturated carbocycles. The molecule has 2 aromatic rings. The van der Waals surface area contributed by atoms with Crippen molar-refractivity contribution < 1.29 is 19.7 Å². The van der Waals surface area contributed by atoms with E-state index in [1.54, 1.807) is 0 Å². The number of carbonyl (C=O) groups excluding carboxylic acids is 1. The molecule has 0 saturated heterocycles. The third-order valence-electron chi connectivity index (χ3n) is 2.48. The van der Waals surface area contributed by atoms with Crippen molar-refractivity contribution >= 4 is 11.8 Å². The van der Waals surface area contributed by atoms with Crippen LogP contribution in [0.2, 0.25) is 0 Å². The minimum Gasteiger partial charge on any atom is -0.507 e. The maximum Gasteiger partial charge on any atom is 0.341 e. The van der Waals surface area contributed by atoms with Crippen LogP contribution in [0.1, 0.15) is 10.4 Å². The number of rotatable bonds is 2. The first kappa shape index (κ1) is 11.8. The molecule has 0 aliphatic carbocycles. The smallest absolute Gasteiger partial charge is 0.341 e. The Bertz CT molecular complexity index is 606. The molecule has 5 N–H and O–H groups in total. The fourth-order valence-electron chi connectivity index (χ4n) is 1.58. The largest absolute Gasteiger partial charge is 0.507 e. The zero-order chi connectivity index (χ0) is 13.3. The summed E-state index contributed by atoms with van der Waals surface area (Å²) in [6.45, 7) is 0. The summed E-state index contributed by atoms with van der Waals surface area (Å²) in [5.41, 5.74) is 6.27.